The molecule has 1 heterocycles. The highest BCUT2D eigenvalue weighted by molar-refractivity contribution is 5.90. The molecule has 0 radical (unpaired) electrons. The van der Waals surface area contributed by atoms with Crippen molar-refractivity contribution in [2.24, 2.45) is 5.73 Å². The summed E-state index contributed by atoms with van der Waals surface area (Å²) in [5.41, 5.74) is 8.57. The van der Waals surface area contributed by atoms with Gasteiger partial charge in [0.25, 0.3) is 5.91 Å². The zero-order valence-corrected chi connectivity index (χ0v) is 14.1. The molecular formula is C18H18N4O3. The van der Waals surface area contributed by atoms with Crippen LogP contribution in [0.2, 0.25) is 0 Å². The SMILES string of the molecule is COc1ccc(-n2c(C(N)=O)nnc2-c2c(C)cc(O)cc2C)cc1. The Morgan fingerprint density at radius 2 is 1.72 bits per heavy atom. The Morgan fingerprint density at radius 3 is 2.24 bits per heavy atom. The second-order valence-electron chi connectivity index (χ2n) is 5.70. The minimum absolute atomic E-state index is 0.0343. The Morgan fingerprint density at radius 1 is 1.12 bits per heavy atom. The maximum absolute atomic E-state index is 11.8. The van der Waals surface area contributed by atoms with Crippen LogP contribution in [0.1, 0.15) is 21.7 Å². The van der Waals surface area contributed by atoms with Gasteiger partial charge in [-0.1, -0.05) is 0 Å². The Balaban J connectivity index is 2.27. The van der Waals surface area contributed by atoms with E-state index < -0.39 is 5.91 Å². The van der Waals surface area contributed by atoms with Crippen LogP contribution >= 0.6 is 0 Å². The zero-order valence-electron chi connectivity index (χ0n) is 14.1. The van der Waals surface area contributed by atoms with E-state index in [9.17, 15) is 9.90 Å². The molecule has 0 fully saturated rings. The Bertz CT molecular complexity index is 922. The van der Waals surface area contributed by atoms with Gasteiger partial charge in [-0.2, -0.15) is 0 Å². The van der Waals surface area contributed by atoms with E-state index in [1.54, 1.807) is 48.1 Å². The number of aromatic nitrogens is 3. The van der Waals surface area contributed by atoms with Gasteiger partial charge in [-0.05, 0) is 61.4 Å². The van der Waals surface area contributed by atoms with Crippen LogP contribution in [0.3, 0.4) is 0 Å². The summed E-state index contributed by atoms with van der Waals surface area (Å²) in [6.45, 7) is 3.72. The number of aryl methyl sites for hydroxylation is 2. The van der Waals surface area contributed by atoms with Crippen molar-refractivity contribution >= 4 is 5.91 Å². The molecule has 0 unspecified atom stereocenters. The summed E-state index contributed by atoms with van der Waals surface area (Å²) in [6, 6.07) is 10.4. The number of carbonyl (C=O) groups is 1. The van der Waals surface area contributed by atoms with Gasteiger partial charge < -0.3 is 15.6 Å². The van der Waals surface area contributed by atoms with Crippen LogP contribution < -0.4 is 10.5 Å². The molecular weight excluding hydrogens is 320 g/mol. The second kappa shape index (κ2) is 6.27. The lowest BCUT2D eigenvalue weighted by Gasteiger charge is -2.13. The van der Waals surface area contributed by atoms with E-state index in [-0.39, 0.29) is 11.6 Å². The zero-order chi connectivity index (χ0) is 18.1. The summed E-state index contributed by atoms with van der Waals surface area (Å²) in [5.74, 6) is 0.699. The number of carbonyl (C=O) groups excluding carboxylic acids is 1. The summed E-state index contributed by atoms with van der Waals surface area (Å²) in [7, 11) is 1.58. The summed E-state index contributed by atoms with van der Waals surface area (Å²) in [5, 5.41) is 17.9. The first-order chi connectivity index (χ1) is 11.9. The number of hydrogen-bond acceptors (Lipinski definition) is 5. The monoisotopic (exact) mass is 338 g/mol. The largest absolute Gasteiger partial charge is 0.508 e. The third-order valence-electron chi connectivity index (χ3n) is 3.96. The van der Waals surface area contributed by atoms with E-state index in [1.165, 1.54) is 0 Å². The van der Waals surface area contributed by atoms with Gasteiger partial charge in [0.05, 0.1) is 7.11 Å². The normalized spacial score (nSPS) is 10.7. The Kier molecular flexibility index (Phi) is 4.14. The maximum atomic E-state index is 11.8. The molecule has 0 atom stereocenters. The third-order valence-corrected chi connectivity index (χ3v) is 3.96. The average molecular weight is 338 g/mol. The van der Waals surface area contributed by atoms with Crippen LogP contribution in [-0.4, -0.2) is 32.9 Å². The Labute approximate surface area is 144 Å². The number of primary amides is 1. The molecule has 0 aliphatic rings. The number of ether oxygens (including phenoxy) is 1. The summed E-state index contributed by atoms with van der Waals surface area (Å²) in [4.78, 5) is 11.8. The third kappa shape index (κ3) is 2.91. The number of phenols is 1. The number of amides is 1. The first-order valence-corrected chi connectivity index (χ1v) is 7.62. The fourth-order valence-corrected chi connectivity index (χ4v) is 2.87. The minimum atomic E-state index is -0.677. The number of methoxy groups -OCH3 is 1. The summed E-state index contributed by atoms with van der Waals surface area (Å²) < 4.78 is 6.78. The molecule has 3 rings (SSSR count). The summed E-state index contributed by atoms with van der Waals surface area (Å²) >= 11 is 0. The number of aromatic hydroxyl groups is 1. The molecule has 0 saturated heterocycles. The van der Waals surface area contributed by atoms with Crippen molar-refractivity contribution in [3.63, 3.8) is 0 Å². The standard InChI is InChI=1S/C18H18N4O3/c1-10-8-13(23)9-11(2)15(10)17-20-21-18(16(19)24)22(17)12-4-6-14(25-3)7-5-12/h4-9,23H,1-3H3,(H2,19,24). The maximum Gasteiger partial charge on any atom is 0.287 e. The lowest BCUT2D eigenvalue weighted by molar-refractivity contribution is 0.0988. The van der Waals surface area contributed by atoms with Crippen molar-refractivity contribution in [2.75, 3.05) is 7.11 Å². The van der Waals surface area contributed by atoms with Crippen LogP contribution in [0, 0.1) is 13.8 Å². The molecule has 0 saturated carbocycles. The highest BCUT2D eigenvalue weighted by atomic mass is 16.5. The van der Waals surface area contributed by atoms with Crippen molar-refractivity contribution in [3.05, 3.63) is 53.3 Å². The highest BCUT2D eigenvalue weighted by Crippen LogP contribution is 2.31. The van der Waals surface area contributed by atoms with Gasteiger partial charge in [0.15, 0.2) is 5.82 Å². The lowest BCUT2D eigenvalue weighted by Crippen LogP contribution is -2.18. The van der Waals surface area contributed by atoms with E-state index in [1.807, 2.05) is 13.8 Å². The number of rotatable bonds is 4. The molecule has 7 heteroatoms. The first kappa shape index (κ1) is 16.5. The van der Waals surface area contributed by atoms with Crippen LogP contribution in [0.4, 0.5) is 0 Å². The number of phenolic OH excluding ortho intramolecular Hbond substituents is 1. The molecule has 2 aromatic carbocycles. The predicted molar refractivity (Wildman–Crippen MR) is 93.0 cm³/mol. The van der Waals surface area contributed by atoms with Crippen molar-refractivity contribution in [1.82, 2.24) is 14.8 Å². The van der Waals surface area contributed by atoms with Crippen LogP contribution in [-0.2, 0) is 0 Å². The van der Waals surface area contributed by atoms with Crippen molar-refractivity contribution in [2.45, 2.75) is 13.8 Å². The molecule has 25 heavy (non-hydrogen) atoms. The molecule has 0 bridgehead atoms. The molecule has 128 valence electrons. The fourth-order valence-electron chi connectivity index (χ4n) is 2.87. The van der Waals surface area contributed by atoms with E-state index >= 15 is 0 Å². The predicted octanol–water partition coefficient (Wildman–Crippen LogP) is 2.36. The Hall–Kier alpha value is -3.35. The quantitative estimate of drug-likeness (QED) is 0.760. The van der Waals surface area contributed by atoms with Gasteiger partial charge in [0.2, 0.25) is 5.82 Å². The van der Waals surface area contributed by atoms with Gasteiger partial charge in [-0.25, -0.2) is 0 Å². The van der Waals surface area contributed by atoms with Gasteiger partial charge in [-0.3, -0.25) is 9.36 Å². The molecule has 3 N–H and O–H groups in total. The van der Waals surface area contributed by atoms with Crippen LogP contribution in [0.15, 0.2) is 36.4 Å². The van der Waals surface area contributed by atoms with E-state index in [2.05, 4.69) is 10.2 Å². The van der Waals surface area contributed by atoms with Crippen LogP contribution in [0.25, 0.3) is 17.1 Å². The first-order valence-electron chi connectivity index (χ1n) is 7.62. The van der Waals surface area contributed by atoms with Crippen molar-refractivity contribution in [3.8, 4) is 28.6 Å². The smallest absolute Gasteiger partial charge is 0.287 e. The number of benzene rings is 2. The minimum Gasteiger partial charge on any atom is -0.508 e. The van der Waals surface area contributed by atoms with E-state index in [0.717, 1.165) is 16.7 Å². The molecule has 3 aromatic rings. The summed E-state index contributed by atoms with van der Waals surface area (Å²) in [6.07, 6.45) is 0. The van der Waals surface area contributed by atoms with E-state index in [0.29, 0.717) is 17.3 Å². The fraction of sp³-hybridized carbons (Fsp3) is 0.167. The van der Waals surface area contributed by atoms with Crippen molar-refractivity contribution in [1.29, 1.82) is 0 Å². The topological polar surface area (TPSA) is 103 Å². The van der Waals surface area contributed by atoms with Gasteiger partial charge in [0, 0.05) is 11.3 Å². The van der Waals surface area contributed by atoms with Crippen LogP contribution in [0.5, 0.6) is 11.5 Å². The average Bonchev–Trinajstić information content (AvgIpc) is 2.99. The van der Waals surface area contributed by atoms with Gasteiger partial charge in [-0.15, -0.1) is 10.2 Å². The van der Waals surface area contributed by atoms with Gasteiger partial charge in [0.1, 0.15) is 11.5 Å². The number of nitrogens with zero attached hydrogens (tertiary/aromatic N) is 3. The molecule has 0 aliphatic carbocycles. The molecule has 0 aliphatic heterocycles. The lowest BCUT2D eigenvalue weighted by atomic mass is 10.0. The molecule has 1 aromatic heterocycles. The number of nitrogens with two attached hydrogens (primary N) is 1. The number of hydrogen-bond donors (Lipinski definition) is 2. The van der Waals surface area contributed by atoms with E-state index in [4.69, 9.17) is 10.5 Å². The second-order valence-corrected chi connectivity index (χ2v) is 5.70. The molecule has 0 spiro atoms. The van der Waals surface area contributed by atoms with Crippen molar-refractivity contribution < 1.29 is 14.6 Å². The highest BCUT2D eigenvalue weighted by Gasteiger charge is 2.22. The molecule has 7 nitrogen and oxygen atoms in total. The van der Waals surface area contributed by atoms with Gasteiger partial charge >= 0.3 is 0 Å². The molecule has 1 amide bonds.